The van der Waals surface area contributed by atoms with Crippen LogP contribution >= 0.6 is 0 Å². The predicted octanol–water partition coefficient (Wildman–Crippen LogP) is 4.77. The highest BCUT2D eigenvalue weighted by Crippen LogP contribution is 2.40. The fourth-order valence-electron chi connectivity index (χ4n) is 3.32. The van der Waals surface area contributed by atoms with Crippen molar-refractivity contribution >= 4 is 6.29 Å². The van der Waals surface area contributed by atoms with Crippen molar-refractivity contribution in [3.63, 3.8) is 0 Å². The molecule has 3 rings (SSSR count). The van der Waals surface area contributed by atoms with E-state index in [9.17, 15) is 4.79 Å². The standard InChI is InChI=1S/C25H24O3/c1-2-24(27-19-18-26)20-28-25(21-12-6-3-7-13-21,22-14-8-4-9-15-22)23-16-10-5-11-17-23/h2-18,24H,1,19-20H2. The van der Waals surface area contributed by atoms with E-state index < -0.39 is 5.60 Å². The Morgan fingerprint density at radius 2 is 1.21 bits per heavy atom. The second kappa shape index (κ2) is 9.79. The van der Waals surface area contributed by atoms with Crippen molar-refractivity contribution in [2.75, 3.05) is 13.2 Å². The molecule has 0 bridgehead atoms. The molecule has 3 nitrogen and oxygen atoms in total. The molecule has 0 saturated carbocycles. The molecule has 28 heavy (non-hydrogen) atoms. The van der Waals surface area contributed by atoms with Crippen molar-refractivity contribution in [2.45, 2.75) is 11.7 Å². The third kappa shape index (κ3) is 4.28. The molecule has 1 atom stereocenters. The van der Waals surface area contributed by atoms with Gasteiger partial charge in [0.1, 0.15) is 18.5 Å². The van der Waals surface area contributed by atoms with E-state index in [-0.39, 0.29) is 19.3 Å². The van der Waals surface area contributed by atoms with Crippen LogP contribution in [0.4, 0.5) is 0 Å². The Balaban J connectivity index is 2.11. The van der Waals surface area contributed by atoms with Crippen LogP contribution in [0.25, 0.3) is 0 Å². The molecule has 3 aromatic carbocycles. The largest absolute Gasteiger partial charge is 0.364 e. The van der Waals surface area contributed by atoms with Crippen LogP contribution < -0.4 is 0 Å². The summed E-state index contributed by atoms with van der Waals surface area (Å²) in [5.74, 6) is 0. The molecule has 0 N–H and O–H groups in total. The Labute approximate surface area is 166 Å². The van der Waals surface area contributed by atoms with E-state index in [1.165, 1.54) is 0 Å². The molecule has 0 saturated heterocycles. The van der Waals surface area contributed by atoms with E-state index in [4.69, 9.17) is 9.47 Å². The third-order valence-electron chi connectivity index (χ3n) is 4.65. The minimum atomic E-state index is -0.810. The summed E-state index contributed by atoms with van der Waals surface area (Å²) in [4.78, 5) is 10.7. The topological polar surface area (TPSA) is 35.5 Å². The Hall–Kier alpha value is -3.01. The molecular formula is C25H24O3. The molecule has 0 fully saturated rings. The van der Waals surface area contributed by atoms with Gasteiger partial charge in [-0.15, -0.1) is 6.58 Å². The fourth-order valence-corrected chi connectivity index (χ4v) is 3.32. The molecule has 0 aliphatic rings. The lowest BCUT2D eigenvalue weighted by atomic mass is 9.80. The number of hydrogen-bond donors (Lipinski definition) is 0. The molecule has 0 aromatic heterocycles. The summed E-state index contributed by atoms with van der Waals surface area (Å²) in [5, 5.41) is 0. The van der Waals surface area contributed by atoms with Crippen molar-refractivity contribution < 1.29 is 14.3 Å². The van der Waals surface area contributed by atoms with Gasteiger partial charge in [-0.3, -0.25) is 0 Å². The van der Waals surface area contributed by atoms with E-state index in [2.05, 4.69) is 43.0 Å². The van der Waals surface area contributed by atoms with Crippen molar-refractivity contribution in [1.29, 1.82) is 0 Å². The SMILES string of the molecule is C=CC(COC(c1ccccc1)(c1ccccc1)c1ccccc1)OCC=O. The fraction of sp³-hybridized carbons (Fsp3) is 0.160. The van der Waals surface area contributed by atoms with Gasteiger partial charge in [0.2, 0.25) is 0 Å². The monoisotopic (exact) mass is 372 g/mol. The lowest BCUT2D eigenvalue weighted by Gasteiger charge is -2.36. The average Bonchev–Trinajstić information content (AvgIpc) is 2.78. The first-order chi connectivity index (χ1) is 13.8. The smallest absolute Gasteiger partial charge is 0.145 e. The number of aldehydes is 1. The summed E-state index contributed by atoms with van der Waals surface area (Å²) in [6.45, 7) is 4.08. The highest BCUT2D eigenvalue weighted by atomic mass is 16.5. The van der Waals surface area contributed by atoms with Gasteiger partial charge in [0, 0.05) is 0 Å². The van der Waals surface area contributed by atoms with Crippen LogP contribution in [0.5, 0.6) is 0 Å². The zero-order valence-corrected chi connectivity index (χ0v) is 15.7. The molecule has 0 aliphatic carbocycles. The average molecular weight is 372 g/mol. The highest BCUT2D eigenvalue weighted by molar-refractivity contribution is 5.50. The minimum absolute atomic E-state index is 0.00899. The van der Waals surface area contributed by atoms with Crippen LogP contribution in [0.2, 0.25) is 0 Å². The molecular weight excluding hydrogens is 348 g/mol. The quantitative estimate of drug-likeness (QED) is 0.292. The van der Waals surface area contributed by atoms with Gasteiger partial charge in [-0.05, 0) is 16.7 Å². The van der Waals surface area contributed by atoms with Gasteiger partial charge in [0.25, 0.3) is 0 Å². The lowest BCUT2D eigenvalue weighted by molar-refractivity contribution is -0.115. The molecule has 3 aromatic rings. The first-order valence-electron chi connectivity index (χ1n) is 9.29. The van der Waals surface area contributed by atoms with Gasteiger partial charge < -0.3 is 14.3 Å². The molecule has 142 valence electrons. The van der Waals surface area contributed by atoms with Gasteiger partial charge in [0.05, 0.1) is 12.7 Å². The molecule has 0 radical (unpaired) electrons. The van der Waals surface area contributed by atoms with Crippen LogP contribution in [0, 0.1) is 0 Å². The molecule has 0 aliphatic heterocycles. The maximum atomic E-state index is 10.7. The van der Waals surface area contributed by atoms with Gasteiger partial charge in [-0.1, -0.05) is 97.1 Å². The summed E-state index contributed by atoms with van der Waals surface area (Å²) in [5.41, 5.74) is 2.25. The van der Waals surface area contributed by atoms with Gasteiger partial charge >= 0.3 is 0 Å². The number of carbonyl (C=O) groups is 1. The van der Waals surface area contributed by atoms with Crippen LogP contribution in [0.3, 0.4) is 0 Å². The summed E-state index contributed by atoms with van der Waals surface area (Å²) >= 11 is 0. The first-order valence-corrected chi connectivity index (χ1v) is 9.29. The van der Waals surface area contributed by atoms with Gasteiger partial charge in [-0.2, -0.15) is 0 Å². The molecule has 1 unspecified atom stereocenters. The van der Waals surface area contributed by atoms with E-state index in [1.807, 2.05) is 54.6 Å². The summed E-state index contributed by atoms with van der Waals surface area (Å²) in [6, 6.07) is 30.4. The third-order valence-corrected chi connectivity index (χ3v) is 4.65. The maximum Gasteiger partial charge on any atom is 0.145 e. The molecule has 0 amide bonds. The zero-order chi connectivity index (χ0) is 19.7. The number of benzene rings is 3. The molecule has 0 spiro atoms. The highest BCUT2D eigenvalue weighted by Gasteiger charge is 2.37. The second-order valence-corrected chi connectivity index (χ2v) is 6.36. The second-order valence-electron chi connectivity index (χ2n) is 6.36. The molecule has 0 heterocycles. The van der Waals surface area contributed by atoms with Crippen molar-refractivity contribution in [2.24, 2.45) is 0 Å². The van der Waals surface area contributed by atoms with Crippen molar-refractivity contribution in [3.05, 3.63) is 120 Å². The van der Waals surface area contributed by atoms with E-state index in [0.717, 1.165) is 23.0 Å². The van der Waals surface area contributed by atoms with Crippen LogP contribution in [0.15, 0.2) is 104 Å². The van der Waals surface area contributed by atoms with Crippen LogP contribution in [0.1, 0.15) is 16.7 Å². The summed E-state index contributed by atoms with van der Waals surface area (Å²) < 4.78 is 12.2. The van der Waals surface area contributed by atoms with E-state index >= 15 is 0 Å². The Kier molecular flexibility index (Phi) is 6.90. The number of rotatable bonds is 10. The predicted molar refractivity (Wildman–Crippen MR) is 111 cm³/mol. The number of ether oxygens (including phenoxy) is 2. The summed E-state index contributed by atoms with van der Waals surface area (Å²) in [6.07, 6.45) is 2.01. The zero-order valence-electron chi connectivity index (χ0n) is 15.7. The Morgan fingerprint density at radius 1 is 0.786 bits per heavy atom. The first kappa shape index (κ1) is 19.7. The number of hydrogen-bond acceptors (Lipinski definition) is 3. The Morgan fingerprint density at radius 3 is 1.57 bits per heavy atom. The number of carbonyl (C=O) groups excluding carboxylic acids is 1. The van der Waals surface area contributed by atoms with Gasteiger partial charge in [0.15, 0.2) is 0 Å². The van der Waals surface area contributed by atoms with Crippen LogP contribution in [-0.2, 0) is 19.9 Å². The lowest BCUT2D eigenvalue weighted by Crippen LogP contribution is -2.36. The van der Waals surface area contributed by atoms with E-state index in [0.29, 0.717) is 0 Å². The van der Waals surface area contributed by atoms with Crippen LogP contribution in [-0.4, -0.2) is 25.6 Å². The van der Waals surface area contributed by atoms with E-state index in [1.54, 1.807) is 6.08 Å². The Bertz CT molecular complexity index is 763. The maximum absolute atomic E-state index is 10.7. The van der Waals surface area contributed by atoms with Crippen molar-refractivity contribution in [3.8, 4) is 0 Å². The van der Waals surface area contributed by atoms with Crippen molar-refractivity contribution in [1.82, 2.24) is 0 Å². The minimum Gasteiger partial charge on any atom is -0.364 e. The van der Waals surface area contributed by atoms with Gasteiger partial charge in [-0.25, -0.2) is 0 Å². The summed E-state index contributed by atoms with van der Waals surface area (Å²) in [7, 11) is 0. The normalized spacial score (nSPS) is 12.3. The molecule has 3 heteroatoms.